The van der Waals surface area contributed by atoms with E-state index in [0.717, 1.165) is 0 Å². The standard InChI is InChI=1S/C14H11Cl2F2N/c1-19-14(9-7-8(17)5-6-10(9)15)13-11(16)3-2-4-12(13)18/h2-7,14,19H,1H3. The number of hydrogen-bond acceptors (Lipinski definition) is 1. The van der Waals surface area contributed by atoms with E-state index in [0.29, 0.717) is 10.6 Å². The average molecular weight is 302 g/mol. The first-order valence-corrected chi connectivity index (χ1v) is 6.36. The summed E-state index contributed by atoms with van der Waals surface area (Å²) >= 11 is 12.1. The van der Waals surface area contributed by atoms with Crippen molar-refractivity contribution in [3.63, 3.8) is 0 Å². The Morgan fingerprint density at radius 1 is 1.05 bits per heavy atom. The number of nitrogens with one attached hydrogen (secondary N) is 1. The zero-order valence-electron chi connectivity index (χ0n) is 10.1. The van der Waals surface area contributed by atoms with Crippen LogP contribution >= 0.6 is 23.2 Å². The van der Waals surface area contributed by atoms with Crippen molar-refractivity contribution in [1.82, 2.24) is 5.32 Å². The van der Waals surface area contributed by atoms with Crippen LogP contribution in [0, 0.1) is 11.6 Å². The lowest BCUT2D eigenvalue weighted by atomic mass is 9.98. The molecule has 0 radical (unpaired) electrons. The minimum absolute atomic E-state index is 0.249. The summed E-state index contributed by atoms with van der Waals surface area (Å²) in [5.41, 5.74) is 0.690. The first kappa shape index (κ1) is 14.3. The molecule has 0 amide bonds. The summed E-state index contributed by atoms with van der Waals surface area (Å²) in [5.74, 6) is -0.903. The highest BCUT2D eigenvalue weighted by molar-refractivity contribution is 6.32. The Balaban J connectivity index is 2.59. The molecule has 1 unspecified atom stereocenters. The first-order valence-electron chi connectivity index (χ1n) is 5.60. The molecule has 0 saturated heterocycles. The summed E-state index contributed by atoms with van der Waals surface area (Å²) in [7, 11) is 1.63. The number of benzene rings is 2. The van der Waals surface area contributed by atoms with Crippen LogP contribution in [0.2, 0.25) is 10.0 Å². The van der Waals surface area contributed by atoms with Crippen LogP contribution in [0.15, 0.2) is 36.4 Å². The predicted octanol–water partition coefficient (Wildman–Crippen LogP) is 4.58. The van der Waals surface area contributed by atoms with Crippen molar-refractivity contribution in [2.45, 2.75) is 6.04 Å². The lowest BCUT2D eigenvalue weighted by molar-refractivity contribution is 0.572. The van der Waals surface area contributed by atoms with Crippen LogP contribution in [-0.4, -0.2) is 7.05 Å². The molecule has 0 fully saturated rings. The molecule has 0 aromatic heterocycles. The summed E-state index contributed by atoms with van der Waals surface area (Å²) in [5, 5.41) is 3.52. The molecule has 19 heavy (non-hydrogen) atoms. The zero-order chi connectivity index (χ0) is 14.0. The van der Waals surface area contributed by atoms with E-state index in [9.17, 15) is 8.78 Å². The average Bonchev–Trinajstić information content (AvgIpc) is 2.37. The first-order chi connectivity index (χ1) is 9.04. The highest BCUT2D eigenvalue weighted by atomic mass is 35.5. The third kappa shape index (κ3) is 2.89. The van der Waals surface area contributed by atoms with E-state index in [-0.39, 0.29) is 10.6 Å². The summed E-state index contributed by atoms with van der Waals surface area (Å²) in [6, 6.07) is 7.74. The molecule has 0 aliphatic rings. The van der Waals surface area contributed by atoms with Gasteiger partial charge in [0.2, 0.25) is 0 Å². The molecule has 1 nitrogen and oxygen atoms in total. The van der Waals surface area contributed by atoms with Crippen LogP contribution in [0.5, 0.6) is 0 Å². The van der Waals surface area contributed by atoms with Crippen molar-refractivity contribution in [2.24, 2.45) is 0 Å². The molecule has 0 spiro atoms. The summed E-state index contributed by atoms with van der Waals surface area (Å²) in [6.07, 6.45) is 0. The molecule has 0 saturated carbocycles. The van der Waals surface area contributed by atoms with Gasteiger partial charge in [0.25, 0.3) is 0 Å². The highest BCUT2D eigenvalue weighted by Gasteiger charge is 2.21. The van der Waals surface area contributed by atoms with Crippen molar-refractivity contribution in [3.8, 4) is 0 Å². The van der Waals surface area contributed by atoms with E-state index < -0.39 is 17.7 Å². The Bertz CT molecular complexity index is 582. The fourth-order valence-electron chi connectivity index (χ4n) is 1.98. The summed E-state index contributed by atoms with van der Waals surface area (Å²) in [6.45, 7) is 0. The third-order valence-electron chi connectivity index (χ3n) is 2.85. The minimum atomic E-state index is -0.614. The number of hydrogen-bond donors (Lipinski definition) is 1. The van der Waals surface area contributed by atoms with Crippen molar-refractivity contribution in [3.05, 3.63) is 69.2 Å². The molecule has 100 valence electrons. The molecule has 5 heteroatoms. The topological polar surface area (TPSA) is 12.0 Å². The predicted molar refractivity (Wildman–Crippen MR) is 73.7 cm³/mol. The van der Waals surface area contributed by atoms with E-state index in [4.69, 9.17) is 23.2 Å². The Kier molecular flexibility index (Phi) is 4.40. The second kappa shape index (κ2) is 5.87. The summed E-state index contributed by atoms with van der Waals surface area (Å²) in [4.78, 5) is 0. The van der Waals surface area contributed by atoms with Gasteiger partial charge in [0.05, 0.1) is 6.04 Å². The van der Waals surface area contributed by atoms with Gasteiger partial charge < -0.3 is 5.32 Å². The lowest BCUT2D eigenvalue weighted by Crippen LogP contribution is -2.20. The molecular weight excluding hydrogens is 291 g/mol. The number of rotatable bonds is 3. The van der Waals surface area contributed by atoms with Gasteiger partial charge in [0.15, 0.2) is 0 Å². The van der Waals surface area contributed by atoms with Gasteiger partial charge in [-0.2, -0.15) is 0 Å². The SMILES string of the molecule is CNC(c1cc(F)ccc1Cl)c1c(F)cccc1Cl. The molecule has 1 N–H and O–H groups in total. The normalized spacial score (nSPS) is 12.5. The van der Waals surface area contributed by atoms with Gasteiger partial charge in [-0.3, -0.25) is 0 Å². The molecule has 0 aliphatic carbocycles. The maximum atomic E-state index is 13.9. The lowest BCUT2D eigenvalue weighted by Gasteiger charge is -2.20. The molecule has 2 rings (SSSR count). The Morgan fingerprint density at radius 2 is 1.79 bits per heavy atom. The van der Waals surface area contributed by atoms with E-state index in [1.807, 2.05) is 0 Å². The quantitative estimate of drug-likeness (QED) is 0.875. The van der Waals surface area contributed by atoms with Crippen LogP contribution in [0.25, 0.3) is 0 Å². The van der Waals surface area contributed by atoms with E-state index in [1.165, 1.54) is 30.3 Å². The van der Waals surface area contributed by atoms with Crippen molar-refractivity contribution in [2.75, 3.05) is 7.05 Å². The van der Waals surface area contributed by atoms with Gasteiger partial charge >= 0.3 is 0 Å². The second-order valence-electron chi connectivity index (χ2n) is 4.02. The third-order valence-corrected chi connectivity index (χ3v) is 3.52. The van der Waals surface area contributed by atoms with E-state index in [2.05, 4.69) is 5.32 Å². The minimum Gasteiger partial charge on any atom is -0.309 e. The molecule has 2 aromatic carbocycles. The van der Waals surface area contributed by atoms with Crippen molar-refractivity contribution < 1.29 is 8.78 Å². The molecule has 2 aromatic rings. The molecular formula is C14H11Cl2F2N. The maximum Gasteiger partial charge on any atom is 0.129 e. The van der Waals surface area contributed by atoms with Crippen LogP contribution in [0.4, 0.5) is 8.78 Å². The fourth-order valence-corrected chi connectivity index (χ4v) is 2.48. The highest BCUT2D eigenvalue weighted by Crippen LogP contribution is 2.34. The molecule has 1 atom stereocenters. The van der Waals surface area contributed by atoms with Crippen LogP contribution in [0.3, 0.4) is 0 Å². The van der Waals surface area contributed by atoms with E-state index >= 15 is 0 Å². The van der Waals surface area contributed by atoms with Gasteiger partial charge in [-0.05, 0) is 42.9 Å². The van der Waals surface area contributed by atoms with Gasteiger partial charge in [0.1, 0.15) is 11.6 Å². The fraction of sp³-hybridized carbons (Fsp3) is 0.143. The van der Waals surface area contributed by atoms with Crippen LogP contribution < -0.4 is 5.32 Å². The largest absolute Gasteiger partial charge is 0.309 e. The molecule has 0 aliphatic heterocycles. The summed E-state index contributed by atoms with van der Waals surface area (Å²) < 4.78 is 27.3. The van der Waals surface area contributed by atoms with Crippen molar-refractivity contribution in [1.29, 1.82) is 0 Å². The van der Waals surface area contributed by atoms with E-state index in [1.54, 1.807) is 13.1 Å². The van der Waals surface area contributed by atoms with Crippen molar-refractivity contribution >= 4 is 23.2 Å². The number of halogens is 4. The molecule has 0 heterocycles. The smallest absolute Gasteiger partial charge is 0.129 e. The Labute approximate surface area is 120 Å². The van der Waals surface area contributed by atoms with Crippen LogP contribution in [0.1, 0.15) is 17.2 Å². The monoisotopic (exact) mass is 301 g/mol. The molecule has 0 bridgehead atoms. The van der Waals surface area contributed by atoms with Crippen LogP contribution in [-0.2, 0) is 0 Å². The van der Waals surface area contributed by atoms with Gasteiger partial charge in [0, 0.05) is 15.6 Å². The Morgan fingerprint density at radius 3 is 2.42 bits per heavy atom. The maximum absolute atomic E-state index is 13.9. The second-order valence-corrected chi connectivity index (χ2v) is 4.84. The van der Waals surface area contributed by atoms with Gasteiger partial charge in [-0.25, -0.2) is 8.78 Å². The zero-order valence-corrected chi connectivity index (χ0v) is 11.6. The van der Waals surface area contributed by atoms with Gasteiger partial charge in [-0.1, -0.05) is 29.3 Å². The Hall–Kier alpha value is -1.16. The van der Waals surface area contributed by atoms with Gasteiger partial charge in [-0.15, -0.1) is 0 Å².